The van der Waals surface area contributed by atoms with Gasteiger partial charge in [-0.05, 0) is 37.5 Å². The van der Waals surface area contributed by atoms with Gasteiger partial charge in [0.05, 0.1) is 0 Å². The molecule has 2 heteroatoms. The summed E-state index contributed by atoms with van der Waals surface area (Å²) < 4.78 is 0. The molecule has 0 aromatic rings. The molecule has 0 N–H and O–H groups in total. The zero-order chi connectivity index (χ0) is 12.3. The van der Waals surface area contributed by atoms with Crippen molar-refractivity contribution >= 4 is 0 Å². The van der Waals surface area contributed by atoms with Crippen molar-refractivity contribution in [2.75, 3.05) is 32.7 Å². The van der Waals surface area contributed by atoms with Crippen LogP contribution in [0.4, 0.5) is 0 Å². The van der Waals surface area contributed by atoms with Crippen molar-refractivity contribution in [3.8, 4) is 0 Å². The molecule has 17 heavy (non-hydrogen) atoms. The third kappa shape index (κ3) is 3.96. The van der Waals surface area contributed by atoms with E-state index in [9.17, 15) is 0 Å². The molecule has 1 saturated carbocycles. The highest BCUT2D eigenvalue weighted by Crippen LogP contribution is 2.27. The first-order chi connectivity index (χ1) is 8.15. The highest BCUT2D eigenvalue weighted by atomic mass is 15.3. The molecular weight excluding hydrogens is 208 g/mol. The van der Waals surface area contributed by atoms with Gasteiger partial charge in [-0.3, -0.25) is 4.90 Å². The molecule has 1 aliphatic carbocycles. The number of hydrogen-bond acceptors (Lipinski definition) is 2. The summed E-state index contributed by atoms with van der Waals surface area (Å²) in [5.41, 5.74) is 0. The average Bonchev–Trinajstić information content (AvgIpc) is 2.30. The first kappa shape index (κ1) is 13.4. The van der Waals surface area contributed by atoms with Crippen LogP contribution < -0.4 is 0 Å². The summed E-state index contributed by atoms with van der Waals surface area (Å²) in [6.07, 6.45) is 5.81. The Kier molecular flexibility index (Phi) is 4.87. The third-order valence-electron chi connectivity index (χ3n) is 4.53. The predicted octanol–water partition coefficient (Wildman–Crippen LogP) is 2.84. The fourth-order valence-electron chi connectivity index (χ4n) is 3.44. The molecule has 0 aromatic carbocycles. The summed E-state index contributed by atoms with van der Waals surface area (Å²) in [6.45, 7) is 13.6. The molecule has 1 saturated heterocycles. The van der Waals surface area contributed by atoms with Crippen molar-refractivity contribution in [1.29, 1.82) is 0 Å². The second-order valence-corrected chi connectivity index (χ2v) is 6.64. The molecule has 1 aliphatic heterocycles. The average molecular weight is 238 g/mol. The fraction of sp³-hybridized carbons (Fsp3) is 1.00. The van der Waals surface area contributed by atoms with Crippen molar-refractivity contribution in [2.24, 2.45) is 11.8 Å². The smallest absolute Gasteiger partial charge is 0.0113 e. The van der Waals surface area contributed by atoms with Gasteiger partial charge in [-0.2, -0.15) is 0 Å². The van der Waals surface area contributed by atoms with Gasteiger partial charge in [0.15, 0.2) is 0 Å². The molecule has 2 rings (SSSR count). The van der Waals surface area contributed by atoms with E-state index >= 15 is 0 Å². The number of piperazine rings is 1. The molecule has 0 atom stereocenters. The van der Waals surface area contributed by atoms with Crippen LogP contribution in [0.3, 0.4) is 0 Å². The zero-order valence-electron chi connectivity index (χ0n) is 12.0. The molecule has 0 bridgehead atoms. The van der Waals surface area contributed by atoms with E-state index in [0.717, 1.165) is 17.9 Å². The Balaban J connectivity index is 1.71. The van der Waals surface area contributed by atoms with E-state index in [4.69, 9.17) is 0 Å². The number of nitrogens with zero attached hydrogens (tertiary/aromatic N) is 2. The molecule has 0 spiro atoms. The lowest BCUT2D eigenvalue weighted by molar-refractivity contribution is 0.0672. The Morgan fingerprint density at radius 2 is 1.53 bits per heavy atom. The molecule has 0 amide bonds. The van der Waals surface area contributed by atoms with Crippen LogP contribution in [0, 0.1) is 11.8 Å². The van der Waals surface area contributed by atoms with Crippen molar-refractivity contribution < 1.29 is 0 Å². The van der Waals surface area contributed by atoms with Gasteiger partial charge in [-0.1, -0.05) is 20.8 Å². The van der Waals surface area contributed by atoms with E-state index in [1.807, 2.05) is 0 Å². The van der Waals surface area contributed by atoms with E-state index in [1.54, 1.807) is 0 Å². The van der Waals surface area contributed by atoms with Crippen LogP contribution in [-0.4, -0.2) is 48.6 Å². The molecule has 1 heterocycles. The minimum atomic E-state index is 0.817. The summed E-state index contributed by atoms with van der Waals surface area (Å²) in [5.74, 6) is 1.80. The molecule has 100 valence electrons. The minimum Gasteiger partial charge on any atom is -0.301 e. The van der Waals surface area contributed by atoms with E-state index in [-0.39, 0.29) is 0 Å². The van der Waals surface area contributed by atoms with E-state index in [1.165, 1.54) is 58.4 Å². The lowest BCUT2D eigenvalue weighted by atomic mass is 9.86. The molecule has 0 radical (unpaired) electrons. The van der Waals surface area contributed by atoms with Crippen LogP contribution >= 0.6 is 0 Å². The second kappa shape index (κ2) is 6.19. The standard InChI is InChI=1S/C15H30N2/c1-13(2)12-16-8-10-17(11-9-16)15-6-4-14(3)5-7-15/h13-15H,4-12H2,1-3H3. The van der Waals surface area contributed by atoms with Crippen molar-refractivity contribution in [3.05, 3.63) is 0 Å². The van der Waals surface area contributed by atoms with E-state index in [0.29, 0.717) is 0 Å². The predicted molar refractivity (Wildman–Crippen MR) is 74.3 cm³/mol. The van der Waals surface area contributed by atoms with Crippen LogP contribution in [-0.2, 0) is 0 Å². The van der Waals surface area contributed by atoms with E-state index in [2.05, 4.69) is 30.6 Å². The second-order valence-electron chi connectivity index (χ2n) is 6.64. The normalized spacial score (nSPS) is 33.2. The van der Waals surface area contributed by atoms with Gasteiger partial charge in [-0.25, -0.2) is 0 Å². The Bertz CT molecular complexity index is 211. The Hall–Kier alpha value is -0.0800. The minimum absolute atomic E-state index is 0.817. The highest BCUT2D eigenvalue weighted by Gasteiger charge is 2.26. The highest BCUT2D eigenvalue weighted by molar-refractivity contribution is 4.82. The Morgan fingerprint density at radius 3 is 2.06 bits per heavy atom. The topological polar surface area (TPSA) is 6.48 Å². The molecular formula is C15H30N2. The van der Waals surface area contributed by atoms with Gasteiger partial charge in [-0.15, -0.1) is 0 Å². The number of hydrogen-bond donors (Lipinski definition) is 0. The summed E-state index contributed by atoms with van der Waals surface area (Å²) >= 11 is 0. The number of rotatable bonds is 3. The van der Waals surface area contributed by atoms with Gasteiger partial charge in [0, 0.05) is 38.8 Å². The summed E-state index contributed by atoms with van der Waals surface area (Å²) in [5, 5.41) is 0. The molecule has 2 aliphatic rings. The molecule has 2 nitrogen and oxygen atoms in total. The van der Waals surface area contributed by atoms with Gasteiger partial charge < -0.3 is 4.90 Å². The maximum Gasteiger partial charge on any atom is 0.0113 e. The van der Waals surface area contributed by atoms with Gasteiger partial charge in [0.25, 0.3) is 0 Å². The van der Waals surface area contributed by atoms with Gasteiger partial charge in [0.2, 0.25) is 0 Å². The maximum absolute atomic E-state index is 2.77. The monoisotopic (exact) mass is 238 g/mol. The van der Waals surface area contributed by atoms with E-state index < -0.39 is 0 Å². The fourth-order valence-corrected chi connectivity index (χ4v) is 3.44. The third-order valence-corrected chi connectivity index (χ3v) is 4.53. The largest absolute Gasteiger partial charge is 0.301 e. The lowest BCUT2D eigenvalue weighted by Gasteiger charge is -2.42. The SMILES string of the molecule is CC(C)CN1CCN(C2CCC(C)CC2)CC1. The summed E-state index contributed by atoms with van der Waals surface area (Å²) in [7, 11) is 0. The van der Waals surface area contributed by atoms with Crippen LogP contribution in [0.5, 0.6) is 0 Å². The zero-order valence-corrected chi connectivity index (χ0v) is 12.0. The van der Waals surface area contributed by atoms with Crippen LogP contribution in [0.25, 0.3) is 0 Å². The molecule has 2 fully saturated rings. The Labute approximate surface area is 107 Å². The van der Waals surface area contributed by atoms with Crippen molar-refractivity contribution in [1.82, 2.24) is 9.80 Å². The van der Waals surface area contributed by atoms with Crippen molar-refractivity contribution in [2.45, 2.75) is 52.5 Å². The molecule has 0 unspecified atom stereocenters. The first-order valence-electron chi connectivity index (χ1n) is 7.61. The van der Waals surface area contributed by atoms with Crippen molar-refractivity contribution in [3.63, 3.8) is 0 Å². The quantitative estimate of drug-likeness (QED) is 0.746. The molecule has 0 aromatic heterocycles. The Morgan fingerprint density at radius 1 is 0.941 bits per heavy atom. The van der Waals surface area contributed by atoms with Crippen LogP contribution in [0.1, 0.15) is 46.5 Å². The van der Waals surface area contributed by atoms with Gasteiger partial charge in [0.1, 0.15) is 0 Å². The summed E-state index contributed by atoms with van der Waals surface area (Å²) in [4.78, 5) is 5.41. The summed E-state index contributed by atoms with van der Waals surface area (Å²) in [6, 6.07) is 0.910. The first-order valence-corrected chi connectivity index (χ1v) is 7.61. The maximum atomic E-state index is 2.77. The van der Waals surface area contributed by atoms with Gasteiger partial charge >= 0.3 is 0 Å². The van der Waals surface area contributed by atoms with Crippen LogP contribution in [0.2, 0.25) is 0 Å². The van der Waals surface area contributed by atoms with Crippen LogP contribution in [0.15, 0.2) is 0 Å². The lowest BCUT2D eigenvalue weighted by Crippen LogP contribution is -2.51.